The Balaban J connectivity index is 2.30. The van der Waals surface area contributed by atoms with E-state index in [1.165, 1.54) is 12.8 Å². The second-order valence-corrected chi connectivity index (χ2v) is 5.19. The molecular weight excluding hydrogens is 220 g/mol. The largest absolute Gasteiger partial charge is 0.393 e. The summed E-state index contributed by atoms with van der Waals surface area (Å²) < 4.78 is 0. The Hall–Kier alpha value is -0.640. The maximum atomic E-state index is 12.1. The van der Waals surface area contributed by atoms with Crippen LogP contribution >= 0.6 is 12.2 Å². The van der Waals surface area contributed by atoms with Crippen LogP contribution in [0.25, 0.3) is 0 Å². The lowest BCUT2D eigenvalue weighted by molar-refractivity contribution is -0.131. The van der Waals surface area contributed by atoms with Crippen LogP contribution in [-0.4, -0.2) is 17.4 Å². The van der Waals surface area contributed by atoms with E-state index < -0.39 is 0 Å². The predicted molar refractivity (Wildman–Crippen MR) is 70.2 cm³/mol. The highest BCUT2D eigenvalue weighted by atomic mass is 32.1. The van der Waals surface area contributed by atoms with Crippen LogP contribution in [0.15, 0.2) is 0 Å². The molecular formula is C12H22N2OS. The Morgan fingerprint density at radius 1 is 1.44 bits per heavy atom. The van der Waals surface area contributed by atoms with Gasteiger partial charge in [-0.1, -0.05) is 32.0 Å². The molecule has 0 aromatic rings. The van der Waals surface area contributed by atoms with Crippen molar-refractivity contribution in [2.75, 3.05) is 6.54 Å². The molecule has 0 unspecified atom stereocenters. The van der Waals surface area contributed by atoms with Gasteiger partial charge in [0.25, 0.3) is 0 Å². The van der Waals surface area contributed by atoms with Crippen molar-refractivity contribution in [3.8, 4) is 0 Å². The van der Waals surface area contributed by atoms with Gasteiger partial charge in [-0.15, -0.1) is 0 Å². The fraction of sp³-hybridized carbons (Fsp3) is 0.833. The van der Waals surface area contributed by atoms with Crippen LogP contribution in [0.4, 0.5) is 0 Å². The highest BCUT2D eigenvalue weighted by Gasteiger charge is 2.38. The van der Waals surface area contributed by atoms with Crippen LogP contribution in [0, 0.1) is 5.41 Å². The zero-order valence-corrected chi connectivity index (χ0v) is 10.9. The topological polar surface area (TPSA) is 55.1 Å². The van der Waals surface area contributed by atoms with Gasteiger partial charge in [0.15, 0.2) is 0 Å². The second kappa shape index (κ2) is 6.18. The van der Waals surface area contributed by atoms with Crippen molar-refractivity contribution in [1.29, 1.82) is 0 Å². The van der Waals surface area contributed by atoms with Crippen molar-refractivity contribution in [3.63, 3.8) is 0 Å². The Kier molecular flexibility index (Phi) is 5.19. The van der Waals surface area contributed by atoms with Gasteiger partial charge < -0.3 is 11.1 Å². The molecule has 1 aliphatic carbocycles. The molecule has 0 saturated heterocycles. The number of rotatable bonds is 6. The van der Waals surface area contributed by atoms with Gasteiger partial charge in [-0.2, -0.15) is 0 Å². The Bertz CT molecular complexity index is 260. The number of thiocarbonyl (C=S) groups is 1. The van der Waals surface area contributed by atoms with Gasteiger partial charge in [0.2, 0.25) is 5.91 Å². The van der Waals surface area contributed by atoms with Gasteiger partial charge in [0.05, 0.1) is 4.99 Å². The van der Waals surface area contributed by atoms with Gasteiger partial charge in [-0.3, -0.25) is 4.79 Å². The van der Waals surface area contributed by atoms with Crippen molar-refractivity contribution < 1.29 is 4.79 Å². The minimum atomic E-state index is -0.0801. The number of nitrogens with one attached hydrogen (secondary N) is 1. The molecule has 0 aliphatic heterocycles. The molecule has 0 aromatic heterocycles. The SMILES string of the molecule is CCC1(C(=O)NCCCC(N)=S)CCCC1. The van der Waals surface area contributed by atoms with Gasteiger partial charge in [0.1, 0.15) is 0 Å². The van der Waals surface area contributed by atoms with E-state index in [1.807, 2.05) is 0 Å². The number of amides is 1. The summed E-state index contributed by atoms with van der Waals surface area (Å²) in [5.41, 5.74) is 5.32. The standard InChI is InChI=1S/C12H22N2OS/c1-2-12(7-3-4-8-12)11(15)14-9-5-6-10(13)16/h2-9H2,1H3,(H2,13,16)(H,14,15). The number of hydrogen-bond donors (Lipinski definition) is 2. The molecule has 16 heavy (non-hydrogen) atoms. The number of nitrogens with two attached hydrogens (primary N) is 1. The Labute approximate surface area is 103 Å². The number of hydrogen-bond acceptors (Lipinski definition) is 2. The van der Waals surface area contributed by atoms with Crippen molar-refractivity contribution in [3.05, 3.63) is 0 Å². The zero-order chi connectivity index (χ0) is 12.0. The fourth-order valence-electron chi connectivity index (χ4n) is 2.44. The number of carbonyl (C=O) groups excluding carboxylic acids is 1. The summed E-state index contributed by atoms with van der Waals surface area (Å²) in [7, 11) is 0. The van der Waals surface area contributed by atoms with Crippen molar-refractivity contribution in [2.45, 2.75) is 51.9 Å². The molecule has 4 heteroatoms. The normalized spacial score (nSPS) is 18.3. The third-order valence-electron chi connectivity index (χ3n) is 3.60. The number of carbonyl (C=O) groups is 1. The average molecular weight is 242 g/mol. The van der Waals surface area contributed by atoms with Gasteiger partial charge >= 0.3 is 0 Å². The summed E-state index contributed by atoms with van der Waals surface area (Å²) in [4.78, 5) is 12.6. The summed E-state index contributed by atoms with van der Waals surface area (Å²) >= 11 is 4.79. The Morgan fingerprint density at radius 2 is 2.06 bits per heavy atom. The second-order valence-electron chi connectivity index (χ2n) is 4.67. The smallest absolute Gasteiger partial charge is 0.226 e. The van der Waals surface area contributed by atoms with Gasteiger partial charge in [0, 0.05) is 12.0 Å². The third-order valence-corrected chi connectivity index (χ3v) is 3.81. The van der Waals surface area contributed by atoms with E-state index in [4.69, 9.17) is 18.0 Å². The summed E-state index contributed by atoms with van der Waals surface area (Å²) in [6.45, 7) is 2.80. The quantitative estimate of drug-likeness (QED) is 0.554. The van der Waals surface area contributed by atoms with Gasteiger partial charge in [-0.05, 0) is 32.1 Å². The molecule has 0 aromatic carbocycles. The first-order chi connectivity index (χ1) is 7.60. The molecule has 3 nitrogen and oxygen atoms in total. The maximum absolute atomic E-state index is 12.1. The minimum Gasteiger partial charge on any atom is -0.393 e. The molecule has 0 atom stereocenters. The third kappa shape index (κ3) is 3.44. The van der Waals surface area contributed by atoms with Gasteiger partial charge in [-0.25, -0.2) is 0 Å². The fourth-order valence-corrected chi connectivity index (χ4v) is 2.59. The monoisotopic (exact) mass is 242 g/mol. The molecule has 1 rings (SSSR count). The molecule has 0 spiro atoms. The maximum Gasteiger partial charge on any atom is 0.226 e. The molecule has 1 fully saturated rings. The summed E-state index contributed by atoms with van der Waals surface area (Å²) in [5, 5.41) is 3.02. The van der Waals surface area contributed by atoms with Crippen LogP contribution < -0.4 is 11.1 Å². The summed E-state index contributed by atoms with van der Waals surface area (Å²) in [5.74, 6) is 0.232. The van der Waals surface area contributed by atoms with E-state index in [2.05, 4.69) is 12.2 Å². The van der Waals surface area contributed by atoms with E-state index in [0.717, 1.165) is 32.1 Å². The summed E-state index contributed by atoms with van der Waals surface area (Å²) in [6.07, 6.45) is 6.99. The van der Waals surface area contributed by atoms with Crippen LogP contribution in [0.3, 0.4) is 0 Å². The van der Waals surface area contributed by atoms with Crippen LogP contribution in [0.2, 0.25) is 0 Å². The molecule has 0 heterocycles. The first-order valence-electron chi connectivity index (χ1n) is 6.17. The molecule has 1 amide bonds. The lowest BCUT2D eigenvalue weighted by atomic mass is 9.82. The molecule has 3 N–H and O–H groups in total. The lowest BCUT2D eigenvalue weighted by Gasteiger charge is -2.25. The first kappa shape index (κ1) is 13.4. The molecule has 1 saturated carbocycles. The lowest BCUT2D eigenvalue weighted by Crippen LogP contribution is -2.39. The van der Waals surface area contributed by atoms with Crippen LogP contribution in [-0.2, 0) is 4.79 Å². The van der Waals surface area contributed by atoms with E-state index in [-0.39, 0.29) is 11.3 Å². The minimum absolute atomic E-state index is 0.0801. The molecule has 0 bridgehead atoms. The van der Waals surface area contributed by atoms with E-state index in [1.54, 1.807) is 0 Å². The van der Waals surface area contributed by atoms with E-state index in [0.29, 0.717) is 11.5 Å². The highest BCUT2D eigenvalue weighted by Crippen LogP contribution is 2.40. The predicted octanol–water partition coefficient (Wildman–Crippen LogP) is 2.14. The van der Waals surface area contributed by atoms with E-state index in [9.17, 15) is 4.79 Å². The van der Waals surface area contributed by atoms with Crippen LogP contribution in [0.1, 0.15) is 51.9 Å². The summed E-state index contributed by atoms with van der Waals surface area (Å²) in [6, 6.07) is 0. The molecule has 92 valence electrons. The van der Waals surface area contributed by atoms with Crippen molar-refractivity contribution in [1.82, 2.24) is 5.32 Å². The van der Waals surface area contributed by atoms with Crippen LogP contribution in [0.5, 0.6) is 0 Å². The average Bonchev–Trinajstić information content (AvgIpc) is 2.73. The van der Waals surface area contributed by atoms with Crippen molar-refractivity contribution >= 4 is 23.1 Å². The zero-order valence-electron chi connectivity index (χ0n) is 10.1. The highest BCUT2D eigenvalue weighted by molar-refractivity contribution is 7.80. The Morgan fingerprint density at radius 3 is 2.56 bits per heavy atom. The first-order valence-corrected chi connectivity index (χ1v) is 6.58. The van der Waals surface area contributed by atoms with Crippen molar-refractivity contribution in [2.24, 2.45) is 11.1 Å². The molecule has 1 aliphatic rings. The molecule has 0 radical (unpaired) electrons. The van der Waals surface area contributed by atoms with E-state index >= 15 is 0 Å².